The van der Waals surface area contributed by atoms with Crippen LogP contribution in [0.15, 0.2) is 45.7 Å². The SMILES string of the molecule is O=C(c1cncc(Br)c1)N1CC(Oc2ncccc2Br)C1. The number of hydrogen-bond acceptors (Lipinski definition) is 4. The lowest BCUT2D eigenvalue weighted by Crippen LogP contribution is -2.56. The Hall–Kier alpha value is -1.47. The molecule has 0 spiro atoms. The molecule has 21 heavy (non-hydrogen) atoms. The van der Waals surface area contributed by atoms with Gasteiger partial charge in [-0.15, -0.1) is 0 Å². The first-order valence-corrected chi connectivity index (χ1v) is 7.89. The molecule has 2 aromatic heterocycles. The first-order valence-electron chi connectivity index (χ1n) is 6.30. The maximum Gasteiger partial charge on any atom is 0.255 e. The van der Waals surface area contributed by atoms with E-state index in [1.807, 2.05) is 12.1 Å². The van der Waals surface area contributed by atoms with Gasteiger partial charge in [-0.05, 0) is 50.1 Å². The number of ether oxygens (including phenoxy) is 1. The minimum absolute atomic E-state index is 0.0275. The van der Waals surface area contributed by atoms with Crippen molar-refractivity contribution in [2.24, 2.45) is 0 Å². The Morgan fingerprint density at radius 1 is 1.33 bits per heavy atom. The number of halogens is 2. The highest BCUT2D eigenvalue weighted by atomic mass is 79.9. The van der Waals surface area contributed by atoms with Gasteiger partial charge in [0.25, 0.3) is 5.91 Å². The summed E-state index contributed by atoms with van der Waals surface area (Å²) in [5, 5.41) is 0. The summed E-state index contributed by atoms with van der Waals surface area (Å²) < 4.78 is 7.35. The molecule has 3 rings (SSSR count). The quantitative estimate of drug-likeness (QED) is 0.777. The fourth-order valence-electron chi connectivity index (χ4n) is 2.01. The van der Waals surface area contributed by atoms with Crippen molar-refractivity contribution in [1.82, 2.24) is 14.9 Å². The molecule has 0 saturated carbocycles. The summed E-state index contributed by atoms with van der Waals surface area (Å²) in [6.07, 6.45) is 4.86. The molecule has 0 unspecified atom stereocenters. The smallest absolute Gasteiger partial charge is 0.255 e. The highest BCUT2D eigenvalue weighted by Gasteiger charge is 2.33. The lowest BCUT2D eigenvalue weighted by Gasteiger charge is -2.38. The molecule has 0 atom stereocenters. The maximum absolute atomic E-state index is 12.2. The predicted octanol–water partition coefficient (Wildman–Crippen LogP) is 2.91. The Bertz CT molecular complexity index is 675. The summed E-state index contributed by atoms with van der Waals surface area (Å²) in [6.45, 7) is 1.10. The zero-order valence-corrected chi connectivity index (χ0v) is 14.0. The van der Waals surface area contributed by atoms with Crippen molar-refractivity contribution < 1.29 is 9.53 Å². The molecular formula is C14H11Br2N3O2. The van der Waals surface area contributed by atoms with Crippen molar-refractivity contribution in [3.63, 3.8) is 0 Å². The fraction of sp³-hybridized carbons (Fsp3) is 0.214. The van der Waals surface area contributed by atoms with Crippen molar-refractivity contribution in [3.8, 4) is 5.88 Å². The van der Waals surface area contributed by atoms with Crippen molar-refractivity contribution >= 4 is 37.8 Å². The van der Waals surface area contributed by atoms with Gasteiger partial charge < -0.3 is 9.64 Å². The first-order chi connectivity index (χ1) is 10.1. The van der Waals surface area contributed by atoms with E-state index in [1.165, 1.54) is 0 Å². The largest absolute Gasteiger partial charge is 0.470 e. The Morgan fingerprint density at radius 3 is 2.86 bits per heavy atom. The average Bonchev–Trinajstić information content (AvgIpc) is 2.43. The van der Waals surface area contributed by atoms with Crippen molar-refractivity contribution in [2.45, 2.75) is 6.10 Å². The van der Waals surface area contributed by atoms with Crippen LogP contribution in [0.1, 0.15) is 10.4 Å². The molecule has 108 valence electrons. The Labute approximate surface area is 138 Å². The number of nitrogens with zero attached hydrogens (tertiary/aromatic N) is 3. The summed E-state index contributed by atoms with van der Waals surface area (Å²) in [4.78, 5) is 22.1. The maximum atomic E-state index is 12.2. The number of pyridine rings is 2. The number of carbonyl (C=O) groups is 1. The Balaban J connectivity index is 1.58. The van der Waals surface area contributed by atoms with E-state index >= 15 is 0 Å². The molecule has 5 nitrogen and oxygen atoms in total. The van der Waals surface area contributed by atoms with Gasteiger partial charge in [-0.1, -0.05) is 0 Å². The van der Waals surface area contributed by atoms with Gasteiger partial charge in [0, 0.05) is 23.1 Å². The van der Waals surface area contributed by atoms with Gasteiger partial charge in [0.05, 0.1) is 23.1 Å². The van der Waals surface area contributed by atoms with Crippen LogP contribution in [-0.4, -0.2) is 40.0 Å². The van der Waals surface area contributed by atoms with E-state index in [-0.39, 0.29) is 12.0 Å². The Morgan fingerprint density at radius 2 is 2.14 bits per heavy atom. The third-order valence-electron chi connectivity index (χ3n) is 3.09. The summed E-state index contributed by atoms with van der Waals surface area (Å²) in [5.41, 5.74) is 0.571. The van der Waals surface area contributed by atoms with Crippen LogP contribution in [0.2, 0.25) is 0 Å². The second-order valence-corrected chi connectivity index (χ2v) is 6.40. The minimum atomic E-state index is -0.0382. The minimum Gasteiger partial charge on any atom is -0.470 e. The van der Waals surface area contributed by atoms with Crippen molar-refractivity contribution in [1.29, 1.82) is 0 Å². The number of rotatable bonds is 3. The molecule has 0 aliphatic carbocycles. The predicted molar refractivity (Wildman–Crippen MR) is 84.2 cm³/mol. The van der Waals surface area contributed by atoms with E-state index in [4.69, 9.17) is 4.74 Å². The van der Waals surface area contributed by atoms with Crippen LogP contribution in [0.25, 0.3) is 0 Å². The van der Waals surface area contributed by atoms with Gasteiger partial charge >= 0.3 is 0 Å². The van der Waals surface area contributed by atoms with Crippen LogP contribution >= 0.6 is 31.9 Å². The highest BCUT2D eigenvalue weighted by molar-refractivity contribution is 9.10. The van der Waals surface area contributed by atoms with E-state index in [9.17, 15) is 4.79 Å². The molecular weight excluding hydrogens is 402 g/mol. The normalized spacial score (nSPS) is 14.7. The van der Waals surface area contributed by atoms with Gasteiger partial charge in [0.2, 0.25) is 5.88 Å². The molecule has 3 heterocycles. The van der Waals surface area contributed by atoms with Gasteiger partial charge in [-0.2, -0.15) is 0 Å². The van der Waals surface area contributed by atoms with Gasteiger partial charge in [-0.3, -0.25) is 9.78 Å². The Kier molecular flexibility index (Phi) is 4.21. The first kappa shape index (κ1) is 14.5. The van der Waals surface area contributed by atoms with Crippen LogP contribution in [-0.2, 0) is 0 Å². The number of hydrogen-bond donors (Lipinski definition) is 0. The number of amides is 1. The molecule has 1 fully saturated rings. The topological polar surface area (TPSA) is 55.3 Å². The summed E-state index contributed by atoms with van der Waals surface area (Å²) in [5.74, 6) is 0.516. The van der Waals surface area contributed by atoms with Crippen molar-refractivity contribution in [2.75, 3.05) is 13.1 Å². The van der Waals surface area contributed by atoms with E-state index in [2.05, 4.69) is 41.8 Å². The summed E-state index contributed by atoms with van der Waals surface area (Å²) in [6, 6.07) is 5.46. The van der Waals surface area contributed by atoms with E-state index < -0.39 is 0 Å². The number of carbonyl (C=O) groups excluding carboxylic acids is 1. The molecule has 1 saturated heterocycles. The van der Waals surface area contributed by atoms with Gasteiger partial charge in [0.1, 0.15) is 6.10 Å². The van der Waals surface area contributed by atoms with Crippen LogP contribution in [0.5, 0.6) is 5.88 Å². The second kappa shape index (κ2) is 6.11. The van der Waals surface area contributed by atoms with Crippen LogP contribution < -0.4 is 4.74 Å². The third kappa shape index (κ3) is 3.24. The second-order valence-electron chi connectivity index (χ2n) is 4.63. The molecule has 7 heteroatoms. The van der Waals surface area contributed by atoms with Crippen LogP contribution in [0, 0.1) is 0 Å². The fourth-order valence-corrected chi connectivity index (χ4v) is 2.72. The van der Waals surface area contributed by atoms with E-state index in [1.54, 1.807) is 29.6 Å². The van der Waals surface area contributed by atoms with E-state index in [0.717, 1.165) is 8.95 Å². The standard InChI is InChI=1S/C14H11Br2N3O2/c15-10-4-9(5-17-6-10)14(20)19-7-11(8-19)21-13-12(16)2-1-3-18-13/h1-6,11H,7-8H2. The average molecular weight is 413 g/mol. The van der Waals surface area contributed by atoms with Gasteiger partial charge in [-0.25, -0.2) is 4.98 Å². The lowest BCUT2D eigenvalue weighted by atomic mass is 10.1. The molecule has 1 amide bonds. The zero-order chi connectivity index (χ0) is 14.8. The van der Waals surface area contributed by atoms with E-state index in [0.29, 0.717) is 24.5 Å². The molecule has 0 aromatic carbocycles. The van der Waals surface area contributed by atoms with Gasteiger partial charge in [0.15, 0.2) is 0 Å². The number of aromatic nitrogens is 2. The molecule has 0 N–H and O–H groups in total. The zero-order valence-electron chi connectivity index (χ0n) is 10.9. The third-order valence-corrected chi connectivity index (χ3v) is 4.13. The molecule has 1 aliphatic rings. The molecule has 0 bridgehead atoms. The van der Waals surface area contributed by atoms with Crippen LogP contribution in [0.4, 0.5) is 0 Å². The highest BCUT2D eigenvalue weighted by Crippen LogP contribution is 2.25. The molecule has 1 aliphatic heterocycles. The molecule has 0 radical (unpaired) electrons. The summed E-state index contributed by atoms with van der Waals surface area (Å²) >= 11 is 6.70. The number of likely N-dealkylation sites (tertiary alicyclic amines) is 1. The molecule has 2 aromatic rings. The lowest BCUT2D eigenvalue weighted by molar-refractivity contribution is 0.0156. The van der Waals surface area contributed by atoms with Crippen LogP contribution in [0.3, 0.4) is 0 Å². The monoisotopic (exact) mass is 411 g/mol. The van der Waals surface area contributed by atoms with Crippen molar-refractivity contribution in [3.05, 3.63) is 51.3 Å². The summed E-state index contributed by atoms with van der Waals surface area (Å²) in [7, 11) is 0.